The normalized spacial score (nSPS) is 10.9. The van der Waals surface area contributed by atoms with Gasteiger partial charge in [0.05, 0.1) is 27.1 Å². The van der Waals surface area contributed by atoms with Crippen LogP contribution in [0.3, 0.4) is 0 Å². The summed E-state index contributed by atoms with van der Waals surface area (Å²) in [6.07, 6.45) is 1.64. The van der Waals surface area contributed by atoms with Crippen molar-refractivity contribution < 1.29 is 0 Å². The average Bonchev–Trinajstić information content (AvgIpc) is 2.09. The Morgan fingerprint density at radius 1 is 1.07 bits per heavy atom. The lowest BCUT2D eigenvalue weighted by Gasteiger charge is -2.04. The number of rotatable bonds is 2. The lowest BCUT2D eigenvalue weighted by atomic mass is 10.3. The summed E-state index contributed by atoms with van der Waals surface area (Å²) < 4.78 is 0. The molecule has 0 fully saturated rings. The largest absolute Gasteiger partial charge is 0.369 e. The van der Waals surface area contributed by atoms with Gasteiger partial charge in [-0.1, -0.05) is 34.8 Å². The van der Waals surface area contributed by atoms with Crippen molar-refractivity contribution >= 4 is 46.8 Å². The molecule has 0 spiro atoms. The Balaban J connectivity index is 3.04. The summed E-state index contributed by atoms with van der Waals surface area (Å²) in [5.41, 5.74) is 0.606. The third-order valence-electron chi connectivity index (χ3n) is 1.42. The SMILES string of the molecule is CN(C)C=Nc1cc(Cl)c(Cl)cc1Cl. The average molecular weight is 252 g/mol. The third-order valence-corrected chi connectivity index (χ3v) is 2.44. The van der Waals surface area contributed by atoms with Gasteiger partial charge in [-0.3, -0.25) is 0 Å². The lowest BCUT2D eigenvalue weighted by molar-refractivity contribution is 0.643. The quantitative estimate of drug-likeness (QED) is 0.443. The topological polar surface area (TPSA) is 15.6 Å². The summed E-state index contributed by atoms with van der Waals surface area (Å²) in [5.74, 6) is 0. The number of hydrogen-bond acceptors (Lipinski definition) is 1. The maximum absolute atomic E-state index is 5.91. The number of nitrogens with zero attached hydrogens (tertiary/aromatic N) is 2. The zero-order valence-electron chi connectivity index (χ0n) is 7.76. The van der Waals surface area contributed by atoms with Crippen LogP contribution in [0.25, 0.3) is 0 Å². The van der Waals surface area contributed by atoms with Gasteiger partial charge < -0.3 is 4.90 Å². The fourth-order valence-electron chi connectivity index (χ4n) is 0.789. The zero-order valence-corrected chi connectivity index (χ0v) is 10.0. The first-order valence-corrected chi connectivity index (χ1v) is 4.99. The fourth-order valence-corrected chi connectivity index (χ4v) is 1.38. The molecule has 0 N–H and O–H groups in total. The maximum atomic E-state index is 5.91. The zero-order chi connectivity index (χ0) is 10.7. The second-order valence-electron chi connectivity index (χ2n) is 2.93. The van der Waals surface area contributed by atoms with Crippen LogP contribution in [0.15, 0.2) is 17.1 Å². The molecular formula is C9H9Cl3N2. The summed E-state index contributed by atoms with van der Waals surface area (Å²) in [6, 6.07) is 3.21. The van der Waals surface area contributed by atoms with Gasteiger partial charge >= 0.3 is 0 Å². The highest BCUT2D eigenvalue weighted by Crippen LogP contribution is 2.33. The van der Waals surface area contributed by atoms with Gasteiger partial charge in [0.25, 0.3) is 0 Å². The Morgan fingerprint density at radius 3 is 2.21 bits per heavy atom. The van der Waals surface area contributed by atoms with Crippen LogP contribution >= 0.6 is 34.8 Å². The van der Waals surface area contributed by atoms with Crippen LogP contribution < -0.4 is 0 Å². The standard InChI is InChI=1S/C9H9Cl3N2/c1-14(2)5-13-9-4-7(11)6(10)3-8(9)12/h3-5H,1-2H3. The Labute approximate surface area is 98.1 Å². The molecule has 0 heterocycles. The molecule has 1 aromatic carbocycles. The van der Waals surface area contributed by atoms with Gasteiger partial charge in [-0.25, -0.2) is 4.99 Å². The number of halogens is 3. The van der Waals surface area contributed by atoms with Crippen molar-refractivity contribution in [3.8, 4) is 0 Å². The van der Waals surface area contributed by atoms with Crippen LogP contribution in [0.4, 0.5) is 5.69 Å². The first kappa shape index (κ1) is 11.6. The van der Waals surface area contributed by atoms with Crippen molar-refractivity contribution in [2.45, 2.75) is 0 Å². The van der Waals surface area contributed by atoms with E-state index in [4.69, 9.17) is 34.8 Å². The molecular weight excluding hydrogens is 242 g/mol. The van der Waals surface area contributed by atoms with E-state index < -0.39 is 0 Å². The molecule has 1 aromatic rings. The van der Waals surface area contributed by atoms with Crippen molar-refractivity contribution in [2.75, 3.05) is 14.1 Å². The van der Waals surface area contributed by atoms with Gasteiger partial charge in [0.1, 0.15) is 0 Å². The van der Waals surface area contributed by atoms with E-state index in [0.29, 0.717) is 20.8 Å². The Bertz CT molecular complexity index is 361. The Hall–Kier alpha value is -0.440. The maximum Gasteiger partial charge on any atom is 0.0907 e. The molecule has 14 heavy (non-hydrogen) atoms. The first-order valence-electron chi connectivity index (χ1n) is 3.86. The van der Waals surface area contributed by atoms with Crippen molar-refractivity contribution in [3.05, 3.63) is 27.2 Å². The second kappa shape index (κ2) is 4.87. The molecule has 0 aliphatic heterocycles. The molecule has 0 aromatic heterocycles. The van der Waals surface area contributed by atoms with Gasteiger partial charge in [-0.2, -0.15) is 0 Å². The minimum absolute atomic E-state index is 0.431. The van der Waals surface area contributed by atoms with E-state index in [1.54, 1.807) is 23.4 Å². The molecule has 0 bridgehead atoms. The van der Waals surface area contributed by atoms with Gasteiger partial charge in [0, 0.05) is 14.1 Å². The van der Waals surface area contributed by atoms with Gasteiger partial charge in [0.15, 0.2) is 0 Å². The minimum Gasteiger partial charge on any atom is -0.369 e. The number of hydrogen-bond donors (Lipinski definition) is 0. The second-order valence-corrected chi connectivity index (χ2v) is 4.15. The highest BCUT2D eigenvalue weighted by atomic mass is 35.5. The minimum atomic E-state index is 0.431. The van der Waals surface area contributed by atoms with Crippen molar-refractivity contribution in [1.29, 1.82) is 0 Å². The Kier molecular flexibility index (Phi) is 4.05. The molecule has 2 nitrogen and oxygen atoms in total. The highest BCUT2D eigenvalue weighted by molar-refractivity contribution is 6.43. The van der Waals surface area contributed by atoms with E-state index >= 15 is 0 Å². The van der Waals surface area contributed by atoms with Crippen LogP contribution in [0.2, 0.25) is 15.1 Å². The van der Waals surface area contributed by atoms with Crippen LogP contribution in [0.1, 0.15) is 0 Å². The van der Waals surface area contributed by atoms with E-state index in [2.05, 4.69) is 4.99 Å². The fraction of sp³-hybridized carbons (Fsp3) is 0.222. The summed E-state index contributed by atoms with van der Waals surface area (Å²) in [7, 11) is 3.74. The molecule has 0 unspecified atom stereocenters. The van der Waals surface area contributed by atoms with E-state index in [1.165, 1.54) is 0 Å². The monoisotopic (exact) mass is 250 g/mol. The molecule has 0 saturated heterocycles. The smallest absolute Gasteiger partial charge is 0.0907 e. The molecule has 1 rings (SSSR count). The molecule has 0 atom stereocenters. The molecule has 0 aliphatic rings. The molecule has 0 amide bonds. The van der Waals surface area contributed by atoms with Crippen LogP contribution in [-0.4, -0.2) is 25.3 Å². The first-order chi connectivity index (χ1) is 6.50. The van der Waals surface area contributed by atoms with Gasteiger partial charge in [-0.15, -0.1) is 0 Å². The van der Waals surface area contributed by atoms with Crippen molar-refractivity contribution in [2.24, 2.45) is 4.99 Å². The molecule has 0 radical (unpaired) electrons. The van der Waals surface area contributed by atoms with Crippen molar-refractivity contribution in [1.82, 2.24) is 4.90 Å². The molecule has 76 valence electrons. The third kappa shape index (κ3) is 3.05. The summed E-state index contributed by atoms with van der Waals surface area (Å²) in [5, 5.41) is 1.36. The highest BCUT2D eigenvalue weighted by Gasteiger charge is 2.04. The van der Waals surface area contributed by atoms with Gasteiger partial charge in [-0.05, 0) is 12.1 Å². The molecule has 0 saturated carbocycles. The Morgan fingerprint density at radius 2 is 1.64 bits per heavy atom. The molecule has 0 aliphatic carbocycles. The van der Waals surface area contributed by atoms with Crippen LogP contribution in [-0.2, 0) is 0 Å². The van der Waals surface area contributed by atoms with Crippen LogP contribution in [0.5, 0.6) is 0 Å². The summed E-state index contributed by atoms with van der Waals surface area (Å²) >= 11 is 17.5. The van der Waals surface area contributed by atoms with E-state index in [1.807, 2.05) is 14.1 Å². The van der Waals surface area contributed by atoms with E-state index in [9.17, 15) is 0 Å². The predicted molar refractivity (Wildman–Crippen MR) is 63.3 cm³/mol. The van der Waals surface area contributed by atoms with E-state index in [0.717, 1.165) is 0 Å². The number of benzene rings is 1. The molecule has 5 heteroatoms. The number of aliphatic imine (C=N–C) groups is 1. The predicted octanol–water partition coefficient (Wildman–Crippen LogP) is 3.87. The van der Waals surface area contributed by atoms with Gasteiger partial charge in [0.2, 0.25) is 0 Å². The van der Waals surface area contributed by atoms with E-state index in [-0.39, 0.29) is 0 Å². The lowest BCUT2D eigenvalue weighted by Crippen LogP contribution is -2.06. The van der Waals surface area contributed by atoms with Crippen LogP contribution in [0, 0.1) is 0 Å². The summed E-state index contributed by atoms with van der Waals surface area (Å²) in [6.45, 7) is 0. The van der Waals surface area contributed by atoms with Crippen molar-refractivity contribution in [3.63, 3.8) is 0 Å². The summed E-state index contributed by atoms with van der Waals surface area (Å²) in [4.78, 5) is 5.94.